The van der Waals surface area contributed by atoms with E-state index in [4.69, 9.17) is 4.74 Å². The van der Waals surface area contributed by atoms with Crippen LogP contribution in [-0.4, -0.2) is 40.0 Å². The second-order valence-corrected chi connectivity index (χ2v) is 7.63. The normalized spacial score (nSPS) is 18.1. The molecule has 2 aromatic rings. The Morgan fingerprint density at radius 1 is 1.40 bits per heavy atom. The van der Waals surface area contributed by atoms with Crippen molar-refractivity contribution < 1.29 is 9.53 Å². The number of likely N-dealkylation sites (tertiary alicyclic amines) is 1. The molecule has 1 saturated heterocycles. The number of pyridine rings is 1. The van der Waals surface area contributed by atoms with Crippen LogP contribution in [0.5, 0.6) is 5.75 Å². The fourth-order valence-corrected chi connectivity index (χ4v) is 4.02. The lowest BCUT2D eigenvalue weighted by Crippen LogP contribution is -2.40. The molecule has 134 valence electrons. The van der Waals surface area contributed by atoms with Gasteiger partial charge in [-0.05, 0) is 33.2 Å². The lowest BCUT2D eigenvalue weighted by molar-refractivity contribution is -0.114. The van der Waals surface area contributed by atoms with E-state index >= 15 is 0 Å². The van der Waals surface area contributed by atoms with Gasteiger partial charge in [-0.15, -0.1) is 11.3 Å². The zero-order valence-corrected chi connectivity index (χ0v) is 15.7. The topological polar surface area (TPSA) is 67.4 Å². The number of carbonyl (C=O) groups excluding carboxylic acids is 1. The highest BCUT2D eigenvalue weighted by molar-refractivity contribution is 7.15. The number of ether oxygens (including phenoxy) is 1. The maximum Gasteiger partial charge on any atom is 0.223 e. The highest BCUT2D eigenvalue weighted by Gasteiger charge is 2.22. The molecule has 1 aliphatic rings. The van der Waals surface area contributed by atoms with Crippen LogP contribution in [-0.2, 0) is 11.3 Å². The molecule has 0 saturated carbocycles. The number of aromatic nitrogens is 2. The van der Waals surface area contributed by atoms with Crippen LogP contribution in [0.4, 0.5) is 5.13 Å². The van der Waals surface area contributed by atoms with Crippen LogP contribution in [0, 0.1) is 13.8 Å². The zero-order valence-electron chi connectivity index (χ0n) is 14.9. The lowest BCUT2D eigenvalue weighted by Gasteiger charge is -2.32. The largest absolute Gasteiger partial charge is 0.489 e. The van der Waals surface area contributed by atoms with Crippen LogP contribution in [0.1, 0.15) is 36.0 Å². The van der Waals surface area contributed by atoms with Gasteiger partial charge in [-0.2, -0.15) is 0 Å². The Bertz CT molecular complexity index is 726. The number of piperidine rings is 1. The quantitative estimate of drug-likeness (QED) is 0.887. The van der Waals surface area contributed by atoms with E-state index in [1.807, 2.05) is 32.2 Å². The van der Waals surface area contributed by atoms with Crippen LogP contribution in [0.25, 0.3) is 0 Å². The van der Waals surface area contributed by atoms with Gasteiger partial charge in [-0.3, -0.25) is 14.7 Å². The van der Waals surface area contributed by atoms with E-state index in [1.54, 1.807) is 0 Å². The Morgan fingerprint density at radius 3 is 2.88 bits per heavy atom. The molecule has 6 nitrogen and oxygen atoms in total. The molecular formula is C18H24N4O2S. The summed E-state index contributed by atoms with van der Waals surface area (Å²) in [6.45, 7) is 8.27. The van der Waals surface area contributed by atoms with Crippen molar-refractivity contribution >= 4 is 22.4 Å². The maximum atomic E-state index is 11.1. The fourth-order valence-electron chi connectivity index (χ4n) is 3.12. The highest BCUT2D eigenvalue weighted by Crippen LogP contribution is 2.24. The molecule has 2 aromatic heterocycles. The first kappa shape index (κ1) is 17.8. The molecule has 3 rings (SSSR count). The summed E-state index contributed by atoms with van der Waals surface area (Å²) in [5.74, 6) is 0.817. The summed E-state index contributed by atoms with van der Waals surface area (Å²) in [7, 11) is 0. The van der Waals surface area contributed by atoms with Gasteiger partial charge < -0.3 is 10.1 Å². The van der Waals surface area contributed by atoms with Crippen LogP contribution < -0.4 is 10.1 Å². The van der Waals surface area contributed by atoms with Crippen molar-refractivity contribution in [2.75, 3.05) is 18.4 Å². The van der Waals surface area contributed by atoms with E-state index in [-0.39, 0.29) is 12.0 Å². The molecule has 0 aliphatic carbocycles. The Hall–Kier alpha value is -1.99. The van der Waals surface area contributed by atoms with Crippen LogP contribution in [0.15, 0.2) is 18.3 Å². The number of thiazole rings is 1. The van der Waals surface area contributed by atoms with Crippen molar-refractivity contribution in [2.24, 2.45) is 0 Å². The average molecular weight is 360 g/mol. The van der Waals surface area contributed by atoms with Crippen molar-refractivity contribution in [3.05, 3.63) is 34.6 Å². The van der Waals surface area contributed by atoms with Crippen molar-refractivity contribution in [3.8, 4) is 5.75 Å². The van der Waals surface area contributed by atoms with E-state index in [0.717, 1.165) is 54.5 Å². The SMILES string of the molecule is CC(=O)Nc1ncc(CN2CCCC(Oc3cc(C)nc(C)c3)C2)s1. The Morgan fingerprint density at radius 2 is 2.16 bits per heavy atom. The molecule has 1 unspecified atom stereocenters. The minimum atomic E-state index is -0.0877. The summed E-state index contributed by atoms with van der Waals surface area (Å²) >= 11 is 1.53. The van der Waals surface area contributed by atoms with Crippen LogP contribution in [0.3, 0.4) is 0 Å². The fraction of sp³-hybridized carbons (Fsp3) is 0.500. The number of nitrogens with one attached hydrogen (secondary N) is 1. The minimum Gasteiger partial charge on any atom is -0.489 e. The molecule has 25 heavy (non-hydrogen) atoms. The average Bonchev–Trinajstić information content (AvgIpc) is 2.92. The molecule has 3 heterocycles. The number of nitrogens with zero attached hydrogens (tertiary/aromatic N) is 3. The van der Waals surface area contributed by atoms with Gasteiger partial charge in [0.05, 0.1) is 0 Å². The van der Waals surface area contributed by atoms with Crippen LogP contribution >= 0.6 is 11.3 Å². The highest BCUT2D eigenvalue weighted by atomic mass is 32.1. The lowest BCUT2D eigenvalue weighted by atomic mass is 10.1. The van der Waals surface area contributed by atoms with Gasteiger partial charge in [0.1, 0.15) is 11.9 Å². The third-order valence-corrected chi connectivity index (χ3v) is 4.93. The molecule has 0 radical (unpaired) electrons. The van der Waals surface area contributed by atoms with Gasteiger partial charge >= 0.3 is 0 Å². The van der Waals surface area contributed by atoms with Gasteiger partial charge in [0.2, 0.25) is 5.91 Å². The predicted octanol–water partition coefficient (Wildman–Crippen LogP) is 3.16. The van der Waals surface area contributed by atoms with Gasteiger partial charge in [0.15, 0.2) is 5.13 Å². The zero-order chi connectivity index (χ0) is 17.8. The first-order chi connectivity index (χ1) is 12.0. The van der Waals surface area contributed by atoms with Crippen LogP contribution in [0.2, 0.25) is 0 Å². The predicted molar refractivity (Wildman–Crippen MR) is 99.1 cm³/mol. The molecule has 1 N–H and O–H groups in total. The van der Waals surface area contributed by atoms with E-state index in [9.17, 15) is 4.79 Å². The Kier molecular flexibility index (Phi) is 5.65. The van der Waals surface area contributed by atoms with E-state index in [0.29, 0.717) is 5.13 Å². The maximum absolute atomic E-state index is 11.1. The number of hydrogen-bond acceptors (Lipinski definition) is 6. The van der Waals surface area contributed by atoms with Gasteiger partial charge in [-0.25, -0.2) is 4.98 Å². The second-order valence-electron chi connectivity index (χ2n) is 6.52. The Balaban J connectivity index is 1.57. The summed E-state index contributed by atoms with van der Waals surface area (Å²) in [6, 6.07) is 3.99. The van der Waals surface area contributed by atoms with E-state index in [1.165, 1.54) is 18.3 Å². The summed E-state index contributed by atoms with van der Waals surface area (Å²) in [6.07, 6.45) is 4.22. The van der Waals surface area contributed by atoms with E-state index in [2.05, 4.69) is 20.2 Å². The third-order valence-electron chi connectivity index (χ3n) is 4.04. The smallest absolute Gasteiger partial charge is 0.223 e. The van der Waals surface area contributed by atoms with Crippen molar-refractivity contribution in [1.29, 1.82) is 0 Å². The minimum absolute atomic E-state index is 0.0877. The summed E-state index contributed by atoms with van der Waals surface area (Å²) in [4.78, 5) is 23.3. The van der Waals surface area contributed by atoms with Gasteiger partial charge in [0.25, 0.3) is 0 Å². The number of carbonyl (C=O) groups is 1. The molecule has 0 bridgehead atoms. The van der Waals surface area contributed by atoms with Crippen molar-refractivity contribution in [2.45, 2.75) is 46.3 Å². The third kappa shape index (κ3) is 5.24. The number of rotatable bonds is 5. The second kappa shape index (κ2) is 7.93. The number of amides is 1. The van der Waals surface area contributed by atoms with Crippen molar-refractivity contribution in [3.63, 3.8) is 0 Å². The first-order valence-electron chi connectivity index (χ1n) is 8.54. The van der Waals surface area contributed by atoms with Gasteiger partial charge in [-0.1, -0.05) is 0 Å². The molecule has 0 spiro atoms. The summed E-state index contributed by atoms with van der Waals surface area (Å²) in [5, 5.41) is 3.40. The number of hydrogen-bond donors (Lipinski definition) is 1. The molecule has 1 atom stereocenters. The molecular weight excluding hydrogens is 336 g/mol. The standard InChI is InChI=1S/C18H24N4O2S/c1-12-7-16(8-13(2)20-12)24-15-5-4-6-22(10-15)11-17-9-19-18(25-17)21-14(3)23/h7-9,15H,4-6,10-11H2,1-3H3,(H,19,21,23). The molecule has 1 amide bonds. The molecule has 1 fully saturated rings. The first-order valence-corrected chi connectivity index (χ1v) is 9.36. The summed E-state index contributed by atoms with van der Waals surface area (Å²) < 4.78 is 6.19. The number of anilines is 1. The van der Waals surface area contributed by atoms with Gasteiger partial charge in [0, 0.05) is 54.6 Å². The molecule has 1 aliphatic heterocycles. The van der Waals surface area contributed by atoms with Crippen molar-refractivity contribution in [1.82, 2.24) is 14.9 Å². The molecule has 7 heteroatoms. The molecule has 0 aromatic carbocycles. The van der Waals surface area contributed by atoms with E-state index < -0.39 is 0 Å². The number of aryl methyl sites for hydroxylation is 2. The monoisotopic (exact) mass is 360 g/mol. The Labute approximate surface area is 152 Å². The summed E-state index contributed by atoms with van der Waals surface area (Å²) in [5.41, 5.74) is 1.97.